The number of ether oxygens (including phenoxy) is 1. The van der Waals surface area contributed by atoms with Gasteiger partial charge in [-0.3, -0.25) is 0 Å². The Kier molecular flexibility index (Phi) is 2.59. The molecule has 0 radical (unpaired) electrons. The molecule has 0 unspecified atom stereocenters. The molecule has 0 aromatic carbocycles. The lowest BCUT2D eigenvalue weighted by molar-refractivity contribution is -0.0821. The van der Waals surface area contributed by atoms with E-state index in [-0.39, 0.29) is 11.9 Å². The van der Waals surface area contributed by atoms with Crippen molar-refractivity contribution in [1.82, 2.24) is 9.97 Å². The topological polar surface area (TPSA) is 84.8 Å². The standard InChI is InChI=1S/C15H18N4O/c16-6-12-7-18-15(19-14(12)17)20-13-10-2-8-1-9(4-10)5-11(13)3-8/h7-11,13H,1-5H2,(H2,17,18,19). The van der Waals surface area contributed by atoms with Crippen LogP contribution in [0.2, 0.25) is 0 Å². The normalized spacial score (nSPS) is 37.6. The first-order chi connectivity index (χ1) is 9.72. The maximum Gasteiger partial charge on any atom is 0.318 e. The minimum absolute atomic E-state index is 0.210. The van der Waals surface area contributed by atoms with Gasteiger partial charge in [-0.1, -0.05) is 0 Å². The number of hydrogen-bond donors (Lipinski definition) is 1. The van der Waals surface area contributed by atoms with Crippen LogP contribution in [0.3, 0.4) is 0 Å². The van der Waals surface area contributed by atoms with Gasteiger partial charge in [0, 0.05) is 0 Å². The fourth-order valence-corrected chi connectivity index (χ4v) is 4.71. The van der Waals surface area contributed by atoms with Crippen molar-refractivity contribution in [3.05, 3.63) is 11.8 Å². The summed E-state index contributed by atoms with van der Waals surface area (Å²) in [6, 6.07) is 2.30. The Labute approximate surface area is 118 Å². The fraction of sp³-hybridized carbons (Fsp3) is 0.667. The van der Waals surface area contributed by atoms with E-state index in [0.29, 0.717) is 23.4 Å². The van der Waals surface area contributed by atoms with Gasteiger partial charge in [-0.05, 0) is 55.8 Å². The molecule has 5 nitrogen and oxygen atoms in total. The van der Waals surface area contributed by atoms with E-state index < -0.39 is 0 Å². The molecule has 4 bridgehead atoms. The summed E-state index contributed by atoms with van der Waals surface area (Å²) in [4.78, 5) is 8.24. The highest BCUT2D eigenvalue weighted by atomic mass is 16.5. The molecule has 2 N–H and O–H groups in total. The van der Waals surface area contributed by atoms with Gasteiger partial charge in [0.15, 0.2) is 0 Å². The van der Waals surface area contributed by atoms with E-state index in [0.717, 1.165) is 11.8 Å². The predicted molar refractivity (Wildman–Crippen MR) is 72.6 cm³/mol. The molecular weight excluding hydrogens is 252 g/mol. The Morgan fingerprint density at radius 1 is 1.15 bits per heavy atom. The second kappa shape index (κ2) is 4.34. The molecule has 104 valence electrons. The quantitative estimate of drug-likeness (QED) is 0.889. The Hall–Kier alpha value is -1.83. The van der Waals surface area contributed by atoms with E-state index in [9.17, 15) is 0 Å². The maximum atomic E-state index is 8.85. The van der Waals surface area contributed by atoms with E-state index in [1.165, 1.54) is 38.3 Å². The molecule has 1 aromatic rings. The van der Waals surface area contributed by atoms with Crippen molar-refractivity contribution < 1.29 is 4.74 Å². The number of anilines is 1. The average Bonchev–Trinajstić information content (AvgIpc) is 2.42. The number of rotatable bonds is 2. The summed E-state index contributed by atoms with van der Waals surface area (Å²) >= 11 is 0. The van der Waals surface area contributed by atoms with Crippen LogP contribution in [0, 0.1) is 35.0 Å². The fourth-order valence-electron chi connectivity index (χ4n) is 4.71. The third kappa shape index (κ3) is 1.82. The summed E-state index contributed by atoms with van der Waals surface area (Å²) in [7, 11) is 0. The molecule has 0 amide bonds. The molecule has 0 saturated heterocycles. The zero-order valence-electron chi connectivity index (χ0n) is 11.3. The van der Waals surface area contributed by atoms with Crippen LogP contribution in [-0.2, 0) is 0 Å². The van der Waals surface area contributed by atoms with Crippen LogP contribution in [0.5, 0.6) is 6.01 Å². The monoisotopic (exact) mass is 270 g/mol. The van der Waals surface area contributed by atoms with Crippen molar-refractivity contribution in [2.75, 3.05) is 5.73 Å². The van der Waals surface area contributed by atoms with Gasteiger partial charge >= 0.3 is 6.01 Å². The zero-order valence-corrected chi connectivity index (χ0v) is 11.3. The largest absolute Gasteiger partial charge is 0.460 e. The van der Waals surface area contributed by atoms with Crippen molar-refractivity contribution in [2.45, 2.75) is 38.2 Å². The first-order valence-corrected chi connectivity index (χ1v) is 7.42. The van der Waals surface area contributed by atoms with Crippen molar-refractivity contribution in [1.29, 1.82) is 5.26 Å². The van der Waals surface area contributed by atoms with Crippen LogP contribution < -0.4 is 10.5 Å². The molecule has 5 heteroatoms. The lowest BCUT2D eigenvalue weighted by Crippen LogP contribution is -2.50. The van der Waals surface area contributed by atoms with Crippen molar-refractivity contribution in [3.8, 4) is 12.1 Å². The molecule has 1 heterocycles. The van der Waals surface area contributed by atoms with Gasteiger partial charge in [-0.15, -0.1) is 0 Å². The summed E-state index contributed by atoms with van der Waals surface area (Å²) in [5.41, 5.74) is 6.04. The van der Waals surface area contributed by atoms with Gasteiger partial charge in [-0.2, -0.15) is 10.2 Å². The third-order valence-electron chi connectivity index (χ3n) is 5.30. The molecule has 0 aliphatic heterocycles. The first kappa shape index (κ1) is 12.0. The maximum absolute atomic E-state index is 8.85. The van der Waals surface area contributed by atoms with Crippen molar-refractivity contribution in [3.63, 3.8) is 0 Å². The number of nitrogens with two attached hydrogens (primary N) is 1. The number of nitrogen functional groups attached to an aromatic ring is 1. The lowest BCUT2D eigenvalue weighted by atomic mass is 9.55. The SMILES string of the molecule is N#Cc1cnc(OC2C3CC4CC(C3)CC2C4)nc1N. The number of nitrogens with zero attached hydrogens (tertiary/aromatic N) is 3. The lowest BCUT2D eigenvalue weighted by Gasteiger charge is -2.53. The van der Waals surface area contributed by atoms with Crippen LogP contribution in [0.4, 0.5) is 5.82 Å². The van der Waals surface area contributed by atoms with Crippen LogP contribution in [0.1, 0.15) is 37.7 Å². The van der Waals surface area contributed by atoms with Gasteiger partial charge < -0.3 is 10.5 Å². The van der Waals surface area contributed by atoms with Gasteiger partial charge in [0.25, 0.3) is 0 Å². The highest BCUT2D eigenvalue weighted by molar-refractivity contribution is 5.46. The minimum Gasteiger partial charge on any atom is -0.460 e. The highest BCUT2D eigenvalue weighted by Crippen LogP contribution is 2.54. The Morgan fingerprint density at radius 2 is 1.80 bits per heavy atom. The van der Waals surface area contributed by atoms with Gasteiger partial charge in [0.05, 0.1) is 6.20 Å². The zero-order chi connectivity index (χ0) is 13.7. The van der Waals surface area contributed by atoms with Crippen LogP contribution in [-0.4, -0.2) is 16.1 Å². The number of nitriles is 1. The second-order valence-electron chi connectivity index (χ2n) is 6.58. The predicted octanol–water partition coefficient (Wildman–Crippen LogP) is 2.13. The summed E-state index contributed by atoms with van der Waals surface area (Å²) < 4.78 is 6.06. The summed E-state index contributed by atoms with van der Waals surface area (Å²) in [6.45, 7) is 0. The molecule has 4 aliphatic carbocycles. The molecular formula is C15H18N4O. The number of hydrogen-bond acceptors (Lipinski definition) is 5. The molecule has 1 aromatic heterocycles. The van der Waals surface area contributed by atoms with E-state index in [2.05, 4.69) is 9.97 Å². The second-order valence-corrected chi connectivity index (χ2v) is 6.58. The van der Waals surface area contributed by atoms with Gasteiger partial charge in [-0.25, -0.2) is 4.98 Å². The van der Waals surface area contributed by atoms with Gasteiger partial charge in [0.1, 0.15) is 23.6 Å². The van der Waals surface area contributed by atoms with E-state index in [1.54, 1.807) is 0 Å². The Morgan fingerprint density at radius 3 is 2.35 bits per heavy atom. The Bertz CT molecular complexity index is 552. The molecule has 5 rings (SSSR count). The molecule has 4 aliphatic rings. The first-order valence-electron chi connectivity index (χ1n) is 7.42. The molecule has 20 heavy (non-hydrogen) atoms. The van der Waals surface area contributed by atoms with E-state index >= 15 is 0 Å². The number of aromatic nitrogens is 2. The smallest absolute Gasteiger partial charge is 0.318 e. The Balaban J connectivity index is 1.55. The van der Waals surface area contributed by atoms with Crippen LogP contribution in [0.15, 0.2) is 6.20 Å². The van der Waals surface area contributed by atoms with Crippen LogP contribution >= 0.6 is 0 Å². The van der Waals surface area contributed by atoms with E-state index in [1.807, 2.05) is 6.07 Å². The highest BCUT2D eigenvalue weighted by Gasteiger charge is 2.49. The molecule has 4 saturated carbocycles. The molecule has 0 atom stereocenters. The van der Waals surface area contributed by atoms with Crippen molar-refractivity contribution >= 4 is 5.82 Å². The summed E-state index contributed by atoms with van der Waals surface area (Å²) in [5, 5.41) is 8.85. The third-order valence-corrected chi connectivity index (χ3v) is 5.30. The molecule has 4 fully saturated rings. The van der Waals surface area contributed by atoms with E-state index in [4.69, 9.17) is 15.7 Å². The minimum atomic E-state index is 0.210. The summed E-state index contributed by atoms with van der Waals surface area (Å²) in [6.07, 6.45) is 8.31. The average molecular weight is 270 g/mol. The van der Waals surface area contributed by atoms with Gasteiger partial charge in [0.2, 0.25) is 0 Å². The summed E-state index contributed by atoms with van der Waals surface area (Å²) in [5.74, 6) is 3.37. The van der Waals surface area contributed by atoms with Crippen LogP contribution in [0.25, 0.3) is 0 Å². The molecule has 0 spiro atoms. The van der Waals surface area contributed by atoms with Crippen molar-refractivity contribution in [2.24, 2.45) is 23.7 Å².